The Hall–Kier alpha value is -2.80. The molecule has 1 fully saturated rings. The molecule has 0 unspecified atom stereocenters. The minimum atomic E-state index is -1.13. The third-order valence-corrected chi connectivity index (χ3v) is 4.16. The van der Waals surface area contributed by atoms with Crippen LogP contribution in [0.3, 0.4) is 0 Å². The molecule has 3 nitrogen and oxygen atoms in total. The molecule has 1 aliphatic rings. The van der Waals surface area contributed by atoms with E-state index in [2.05, 4.69) is 5.92 Å². The molecule has 0 atom stereocenters. The van der Waals surface area contributed by atoms with Crippen LogP contribution in [0.1, 0.15) is 18.4 Å². The van der Waals surface area contributed by atoms with E-state index in [9.17, 15) is 14.3 Å². The number of carboxylic acids is 1. The summed E-state index contributed by atoms with van der Waals surface area (Å²) in [5.41, 5.74) is 0.373. The van der Waals surface area contributed by atoms with E-state index in [0.717, 1.165) is 5.56 Å². The summed E-state index contributed by atoms with van der Waals surface area (Å²) < 4.78 is 20.4. The first-order valence-electron chi connectivity index (χ1n) is 7.28. The van der Waals surface area contributed by atoms with E-state index in [1.54, 1.807) is 12.1 Å². The minimum absolute atomic E-state index is 0.0131. The van der Waals surface area contributed by atoms with Crippen LogP contribution in [-0.2, 0) is 10.2 Å². The number of carboxylic acid groups (broad SMARTS) is 1. The first-order valence-corrected chi connectivity index (χ1v) is 7.28. The molecule has 2 aromatic carbocycles. The summed E-state index contributed by atoms with van der Waals surface area (Å²) in [6.45, 7) is -0.0831. The number of rotatable bonds is 5. The van der Waals surface area contributed by atoms with Crippen molar-refractivity contribution in [3.05, 3.63) is 53.8 Å². The number of benzene rings is 2. The van der Waals surface area contributed by atoms with Gasteiger partial charge in [-0.2, -0.15) is 0 Å². The zero-order valence-corrected chi connectivity index (χ0v) is 12.4. The van der Waals surface area contributed by atoms with Gasteiger partial charge < -0.3 is 9.84 Å². The van der Waals surface area contributed by atoms with Gasteiger partial charge in [-0.25, -0.2) is 4.39 Å². The number of ether oxygens (including phenoxy) is 1. The van der Waals surface area contributed by atoms with E-state index in [0.29, 0.717) is 18.4 Å². The highest BCUT2D eigenvalue weighted by molar-refractivity contribution is 5.86. The lowest BCUT2D eigenvalue weighted by Gasteiger charge is -2.17. The molecule has 116 valence electrons. The van der Waals surface area contributed by atoms with Crippen LogP contribution in [-0.4, -0.2) is 17.7 Å². The van der Waals surface area contributed by atoms with Gasteiger partial charge in [0.1, 0.15) is 6.61 Å². The summed E-state index contributed by atoms with van der Waals surface area (Å²) in [6.07, 6.45) is 6.07. The number of terminal acetylenes is 1. The van der Waals surface area contributed by atoms with Gasteiger partial charge in [0.2, 0.25) is 0 Å². The topological polar surface area (TPSA) is 46.5 Å². The van der Waals surface area contributed by atoms with Gasteiger partial charge in [-0.3, -0.25) is 4.79 Å². The van der Waals surface area contributed by atoms with E-state index in [4.69, 9.17) is 11.2 Å². The molecule has 0 aromatic heterocycles. The van der Waals surface area contributed by atoms with Crippen molar-refractivity contribution in [2.24, 2.45) is 0 Å². The van der Waals surface area contributed by atoms with Crippen LogP contribution in [0, 0.1) is 18.2 Å². The molecule has 3 rings (SSSR count). The first-order chi connectivity index (χ1) is 11.1. The molecule has 2 aromatic rings. The highest BCUT2D eigenvalue weighted by atomic mass is 19.1. The van der Waals surface area contributed by atoms with Gasteiger partial charge in [-0.1, -0.05) is 48.4 Å². The summed E-state index contributed by atoms with van der Waals surface area (Å²) >= 11 is 0. The van der Waals surface area contributed by atoms with Gasteiger partial charge in [-0.05, 0) is 18.4 Å². The fourth-order valence-corrected chi connectivity index (χ4v) is 2.75. The second-order valence-electron chi connectivity index (χ2n) is 5.55. The summed E-state index contributed by atoms with van der Waals surface area (Å²) in [6, 6.07) is 12.4. The van der Waals surface area contributed by atoms with E-state index in [1.807, 2.05) is 30.3 Å². The van der Waals surface area contributed by atoms with Crippen molar-refractivity contribution < 1.29 is 19.0 Å². The molecule has 1 N–H and O–H groups in total. The largest absolute Gasteiger partial charge is 0.481 e. The molecular formula is C19H15FO3. The van der Waals surface area contributed by atoms with Crippen LogP contribution in [0.4, 0.5) is 4.39 Å². The van der Waals surface area contributed by atoms with Crippen molar-refractivity contribution in [2.45, 2.75) is 18.3 Å². The second-order valence-corrected chi connectivity index (χ2v) is 5.55. The van der Waals surface area contributed by atoms with Gasteiger partial charge in [0, 0.05) is 11.1 Å². The molecule has 4 heteroatoms. The standard InChI is InChI=1S/C19H15FO3/c1-2-12-23-17-14(13-6-4-3-5-7-13)8-9-15(16(17)20)19(10-11-19)18(21)22/h1,3-9H,10-12H2,(H,21,22). The number of halogens is 1. The molecule has 1 saturated carbocycles. The third-order valence-electron chi connectivity index (χ3n) is 4.16. The third kappa shape index (κ3) is 2.55. The highest BCUT2D eigenvalue weighted by Gasteiger charge is 2.53. The van der Waals surface area contributed by atoms with Crippen LogP contribution in [0.2, 0.25) is 0 Å². The van der Waals surface area contributed by atoms with Crippen LogP contribution < -0.4 is 4.74 Å². The van der Waals surface area contributed by atoms with Crippen LogP contribution in [0.15, 0.2) is 42.5 Å². The summed E-state index contributed by atoms with van der Waals surface area (Å²) in [5, 5.41) is 9.40. The fourth-order valence-electron chi connectivity index (χ4n) is 2.75. The lowest BCUT2D eigenvalue weighted by Crippen LogP contribution is -2.21. The van der Waals surface area contributed by atoms with Gasteiger partial charge in [-0.15, -0.1) is 6.42 Å². The van der Waals surface area contributed by atoms with Crippen LogP contribution in [0.25, 0.3) is 11.1 Å². The Balaban J connectivity index is 2.14. The second kappa shape index (κ2) is 5.77. The molecule has 0 amide bonds. The molecule has 1 aliphatic carbocycles. The quantitative estimate of drug-likeness (QED) is 0.858. The Morgan fingerprint density at radius 3 is 2.52 bits per heavy atom. The average Bonchev–Trinajstić information content (AvgIpc) is 3.36. The maximum Gasteiger partial charge on any atom is 0.314 e. The summed E-state index contributed by atoms with van der Waals surface area (Å²) in [5.74, 6) is 0.681. The molecule has 0 saturated heterocycles. The van der Waals surface area contributed by atoms with Crippen molar-refractivity contribution in [2.75, 3.05) is 6.61 Å². The zero-order valence-electron chi connectivity index (χ0n) is 12.4. The lowest BCUT2D eigenvalue weighted by molar-refractivity contribution is -0.140. The van der Waals surface area contributed by atoms with Crippen molar-refractivity contribution in [1.82, 2.24) is 0 Å². The summed E-state index contributed by atoms with van der Waals surface area (Å²) in [7, 11) is 0. The monoisotopic (exact) mass is 310 g/mol. The Labute approximate surface area is 133 Å². The zero-order chi connectivity index (χ0) is 16.4. The first kappa shape index (κ1) is 15.1. The molecule has 0 radical (unpaired) electrons. The normalized spacial score (nSPS) is 14.8. The minimum Gasteiger partial charge on any atom is -0.481 e. The molecular weight excluding hydrogens is 295 g/mol. The lowest BCUT2D eigenvalue weighted by atomic mass is 9.92. The number of hydrogen-bond acceptors (Lipinski definition) is 2. The Morgan fingerprint density at radius 2 is 1.96 bits per heavy atom. The van der Waals surface area contributed by atoms with Gasteiger partial charge >= 0.3 is 5.97 Å². The predicted octanol–water partition coefficient (Wildman–Crippen LogP) is 3.62. The number of carbonyl (C=O) groups is 1. The maximum atomic E-state index is 15.0. The fraction of sp³-hybridized carbons (Fsp3) is 0.211. The van der Waals surface area contributed by atoms with Gasteiger partial charge in [0.15, 0.2) is 11.6 Å². The van der Waals surface area contributed by atoms with E-state index < -0.39 is 17.2 Å². The van der Waals surface area contributed by atoms with Gasteiger partial charge in [0.25, 0.3) is 0 Å². The summed E-state index contributed by atoms with van der Waals surface area (Å²) in [4.78, 5) is 11.5. The van der Waals surface area contributed by atoms with Crippen LogP contribution in [0.5, 0.6) is 5.75 Å². The SMILES string of the molecule is C#CCOc1c(-c2ccccc2)ccc(C2(C(=O)O)CC2)c1F. The molecule has 0 bridgehead atoms. The number of hydrogen-bond donors (Lipinski definition) is 1. The van der Waals surface area contributed by atoms with E-state index >= 15 is 0 Å². The van der Waals surface area contributed by atoms with Crippen molar-refractivity contribution in [1.29, 1.82) is 0 Å². The molecule has 0 spiro atoms. The molecule has 0 heterocycles. The van der Waals surface area contributed by atoms with Gasteiger partial charge in [0.05, 0.1) is 5.41 Å². The highest BCUT2D eigenvalue weighted by Crippen LogP contribution is 2.51. The van der Waals surface area contributed by atoms with Crippen molar-refractivity contribution >= 4 is 5.97 Å². The predicted molar refractivity (Wildman–Crippen MR) is 84.7 cm³/mol. The Bertz CT molecular complexity index is 786. The Kier molecular flexibility index (Phi) is 3.79. The van der Waals surface area contributed by atoms with E-state index in [1.165, 1.54) is 0 Å². The van der Waals surface area contributed by atoms with Crippen molar-refractivity contribution in [3.63, 3.8) is 0 Å². The van der Waals surface area contributed by atoms with Crippen LogP contribution >= 0.6 is 0 Å². The maximum absolute atomic E-state index is 15.0. The smallest absolute Gasteiger partial charge is 0.314 e. The van der Waals surface area contributed by atoms with Crippen molar-refractivity contribution in [3.8, 4) is 29.2 Å². The Morgan fingerprint density at radius 1 is 1.26 bits per heavy atom. The molecule has 0 aliphatic heterocycles. The average molecular weight is 310 g/mol. The van der Waals surface area contributed by atoms with E-state index in [-0.39, 0.29) is 17.9 Å². The number of aliphatic carboxylic acids is 1. The molecule has 23 heavy (non-hydrogen) atoms.